The molecular formula is C26H26N4O3S2. The van der Waals surface area contributed by atoms with E-state index in [2.05, 4.69) is 21.6 Å². The molecule has 35 heavy (non-hydrogen) atoms. The van der Waals surface area contributed by atoms with E-state index in [9.17, 15) is 9.59 Å². The van der Waals surface area contributed by atoms with Crippen molar-refractivity contribution in [3.63, 3.8) is 0 Å². The summed E-state index contributed by atoms with van der Waals surface area (Å²) in [6, 6.07) is 17.7. The summed E-state index contributed by atoms with van der Waals surface area (Å²) in [4.78, 5) is 26.5. The van der Waals surface area contributed by atoms with E-state index in [-0.39, 0.29) is 11.7 Å². The van der Waals surface area contributed by atoms with E-state index >= 15 is 0 Å². The summed E-state index contributed by atoms with van der Waals surface area (Å²) in [5.74, 6) is 0.186. The highest BCUT2D eigenvalue weighted by Gasteiger charge is 2.25. The number of aryl methyl sites for hydroxylation is 2. The number of esters is 1. The molecule has 0 atom stereocenters. The van der Waals surface area contributed by atoms with Crippen molar-refractivity contribution >= 4 is 40.0 Å². The number of nitrogens with one attached hydrogen (secondary N) is 1. The number of rotatable bonds is 8. The standard InChI is InChI=1S/C26H26N4O3S2/c1-5-30-23(19-13-9-10-16(2)14-19)28-29-26(30)34-15-20(31)27-24-22(25(32)33-4)21(17(3)35-24)18-11-7-6-8-12-18/h6-14H,5,15H2,1-4H3,(H,27,31). The van der Waals surface area contributed by atoms with Gasteiger partial charge in [-0.3, -0.25) is 4.79 Å². The lowest BCUT2D eigenvalue weighted by atomic mass is 10.0. The first-order valence-corrected chi connectivity index (χ1v) is 12.9. The molecule has 1 N–H and O–H groups in total. The van der Waals surface area contributed by atoms with Crippen LogP contribution in [0.3, 0.4) is 0 Å². The van der Waals surface area contributed by atoms with Gasteiger partial charge in [-0.15, -0.1) is 21.5 Å². The molecule has 7 nitrogen and oxygen atoms in total. The topological polar surface area (TPSA) is 86.1 Å². The van der Waals surface area contributed by atoms with Crippen LogP contribution in [0.25, 0.3) is 22.5 Å². The zero-order valence-electron chi connectivity index (χ0n) is 20.0. The van der Waals surface area contributed by atoms with Crippen LogP contribution in [0.5, 0.6) is 0 Å². The molecule has 2 aromatic carbocycles. The number of benzene rings is 2. The Morgan fingerprint density at radius 3 is 2.49 bits per heavy atom. The van der Waals surface area contributed by atoms with Crippen LogP contribution in [0.4, 0.5) is 5.00 Å². The Kier molecular flexibility index (Phi) is 7.67. The van der Waals surface area contributed by atoms with Crippen molar-refractivity contribution in [1.29, 1.82) is 0 Å². The molecular weight excluding hydrogens is 480 g/mol. The lowest BCUT2D eigenvalue weighted by molar-refractivity contribution is -0.113. The second-order valence-electron chi connectivity index (χ2n) is 7.85. The Hall–Kier alpha value is -3.43. The van der Waals surface area contributed by atoms with Crippen molar-refractivity contribution in [1.82, 2.24) is 14.8 Å². The number of carbonyl (C=O) groups is 2. The van der Waals surface area contributed by atoms with Crippen LogP contribution in [0.1, 0.15) is 27.7 Å². The van der Waals surface area contributed by atoms with E-state index in [0.29, 0.717) is 22.3 Å². The SMILES string of the molecule is CCn1c(SCC(=O)Nc2sc(C)c(-c3ccccc3)c2C(=O)OC)nnc1-c1cccc(C)c1. The maximum atomic E-state index is 12.9. The van der Waals surface area contributed by atoms with Gasteiger partial charge in [0.05, 0.1) is 12.9 Å². The lowest BCUT2D eigenvalue weighted by Crippen LogP contribution is -2.16. The molecule has 4 rings (SSSR count). The highest BCUT2D eigenvalue weighted by atomic mass is 32.2. The molecule has 0 aliphatic heterocycles. The summed E-state index contributed by atoms with van der Waals surface area (Å²) >= 11 is 2.68. The number of hydrogen-bond acceptors (Lipinski definition) is 7. The minimum Gasteiger partial charge on any atom is -0.465 e. The minimum atomic E-state index is -0.482. The second-order valence-corrected chi connectivity index (χ2v) is 10.0. The predicted molar refractivity (Wildman–Crippen MR) is 141 cm³/mol. The highest BCUT2D eigenvalue weighted by molar-refractivity contribution is 7.99. The Bertz CT molecular complexity index is 1360. The van der Waals surface area contributed by atoms with Gasteiger partial charge in [-0.25, -0.2) is 4.79 Å². The molecule has 0 aliphatic carbocycles. The number of methoxy groups -OCH3 is 1. The van der Waals surface area contributed by atoms with Gasteiger partial charge in [0.2, 0.25) is 5.91 Å². The summed E-state index contributed by atoms with van der Waals surface area (Å²) in [6.07, 6.45) is 0. The van der Waals surface area contributed by atoms with Crippen molar-refractivity contribution in [3.8, 4) is 22.5 Å². The molecule has 0 bridgehead atoms. The van der Waals surface area contributed by atoms with Crippen molar-refractivity contribution in [3.05, 3.63) is 70.6 Å². The van der Waals surface area contributed by atoms with Gasteiger partial charge < -0.3 is 14.6 Å². The molecule has 0 unspecified atom stereocenters. The van der Waals surface area contributed by atoms with Crippen molar-refractivity contribution in [2.75, 3.05) is 18.2 Å². The van der Waals surface area contributed by atoms with Crippen LogP contribution in [0, 0.1) is 13.8 Å². The van der Waals surface area contributed by atoms with Gasteiger partial charge in [0, 0.05) is 22.5 Å². The van der Waals surface area contributed by atoms with Crippen molar-refractivity contribution in [2.24, 2.45) is 0 Å². The fraction of sp³-hybridized carbons (Fsp3) is 0.231. The van der Waals surface area contributed by atoms with Gasteiger partial charge in [0.25, 0.3) is 0 Å². The van der Waals surface area contributed by atoms with Crippen LogP contribution < -0.4 is 5.32 Å². The molecule has 4 aromatic rings. The van der Waals surface area contributed by atoms with E-state index in [1.807, 2.05) is 73.9 Å². The van der Waals surface area contributed by atoms with E-state index in [1.165, 1.54) is 30.2 Å². The van der Waals surface area contributed by atoms with E-state index in [0.717, 1.165) is 33.0 Å². The van der Waals surface area contributed by atoms with Crippen LogP contribution in [-0.2, 0) is 16.1 Å². The molecule has 1 amide bonds. The Morgan fingerprint density at radius 1 is 1.06 bits per heavy atom. The Morgan fingerprint density at radius 2 is 1.80 bits per heavy atom. The lowest BCUT2D eigenvalue weighted by Gasteiger charge is -2.09. The van der Waals surface area contributed by atoms with Gasteiger partial charge in [0.15, 0.2) is 11.0 Å². The van der Waals surface area contributed by atoms with Crippen molar-refractivity contribution in [2.45, 2.75) is 32.5 Å². The van der Waals surface area contributed by atoms with Gasteiger partial charge in [-0.1, -0.05) is 65.9 Å². The average Bonchev–Trinajstić information content (AvgIpc) is 3.42. The summed E-state index contributed by atoms with van der Waals surface area (Å²) in [5.41, 5.74) is 4.18. The normalized spacial score (nSPS) is 10.9. The molecule has 9 heteroatoms. The molecule has 0 radical (unpaired) electrons. The van der Waals surface area contributed by atoms with Crippen LogP contribution >= 0.6 is 23.1 Å². The molecule has 180 valence electrons. The fourth-order valence-electron chi connectivity index (χ4n) is 3.85. The minimum absolute atomic E-state index is 0.129. The van der Waals surface area contributed by atoms with Crippen LogP contribution in [-0.4, -0.2) is 39.5 Å². The number of thioether (sulfide) groups is 1. The first kappa shape index (κ1) is 24.7. The van der Waals surface area contributed by atoms with E-state index < -0.39 is 5.97 Å². The first-order valence-electron chi connectivity index (χ1n) is 11.1. The monoisotopic (exact) mass is 506 g/mol. The van der Waals surface area contributed by atoms with Gasteiger partial charge >= 0.3 is 5.97 Å². The third kappa shape index (κ3) is 5.31. The number of hydrogen-bond donors (Lipinski definition) is 1. The number of nitrogens with zero attached hydrogens (tertiary/aromatic N) is 3. The smallest absolute Gasteiger partial charge is 0.341 e. The number of thiophene rings is 1. The summed E-state index contributed by atoms with van der Waals surface area (Å²) in [7, 11) is 1.34. The summed E-state index contributed by atoms with van der Waals surface area (Å²) < 4.78 is 7.03. The maximum absolute atomic E-state index is 12.9. The number of ether oxygens (including phenoxy) is 1. The first-order chi connectivity index (χ1) is 16.9. The molecule has 0 aliphatic rings. The molecule has 0 saturated carbocycles. The highest BCUT2D eigenvalue weighted by Crippen LogP contribution is 2.40. The zero-order chi connectivity index (χ0) is 24.9. The molecule has 0 spiro atoms. The molecule has 2 heterocycles. The number of carbonyl (C=O) groups excluding carboxylic acids is 2. The third-order valence-corrected chi connectivity index (χ3v) is 7.42. The van der Waals surface area contributed by atoms with Gasteiger partial charge in [-0.05, 0) is 32.4 Å². The molecule has 0 saturated heterocycles. The predicted octanol–water partition coefficient (Wildman–Crippen LogP) is 5.83. The number of amides is 1. The largest absolute Gasteiger partial charge is 0.465 e. The van der Waals surface area contributed by atoms with Gasteiger partial charge in [-0.2, -0.15) is 0 Å². The fourth-order valence-corrected chi connectivity index (χ4v) is 5.74. The van der Waals surface area contributed by atoms with Crippen molar-refractivity contribution < 1.29 is 14.3 Å². The molecule has 2 aromatic heterocycles. The third-order valence-electron chi connectivity index (χ3n) is 5.43. The average molecular weight is 507 g/mol. The zero-order valence-corrected chi connectivity index (χ0v) is 21.6. The Balaban J connectivity index is 1.54. The van der Waals surface area contributed by atoms with E-state index in [1.54, 1.807) is 0 Å². The quantitative estimate of drug-likeness (QED) is 0.239. The number of aromatic nitrogens is 3. The van der Waals surface area contributed by atoms with Crippen LogP contribution in [0.2, 0.25) is 0 Å². The summed E-state index contributed by atoms with van der Waals surface area (Å²) in [6.45, 7) is 6.67. The Labute approximate surface area is 212 Å². The molecule has 0 fully saturated rings. The van der Waals surface area contributed by atoms with Crippen LogP contribution in [0.15, 0.2) is 59.8 Å². The van der Waals surface area contributed by atoms with E-state index in [4.69, 9.17) is 4.74 Å². The second kappa shape index (κ2) is 10.9. The van der Waals surface area contributed by atoms with Gasteiger partial charge in [0.1, 0.15) is 10.6 Å². The number of anilines is 1. The maximum Gasteiger partial charge on any atom is 0.341 e. The summed E-state index contributed by atoms with van der Waals surface area (Å²) in [5, 5.41) is 12.7.